The normalized spacial score (nSPS) is 33.7. The van der Waals surface area contributed by atoms with E-state index in [2.05, 4.69) is 4.98 Å². The zero-order chi connectivity index (χ0) is 23.0. The van der Waals surface area contributed by atoms with Gasteiger partial charge in [-0.2, -0.15) is 0 Å². The average molecular weight is 487 g/mol. The smallest absolute Gasteiger partial charge is 0.305 e. The van der Waals surface area contributed by atoms with E-state index in [1.54, 1.807) is 18.9 Å². The summed E-state index contributed by atoms with van der Waals surface area (Å²) in [6, 6.07) is 7.80. The number of ether oxygens (including phenoxy) is 1. The highest BCUT2D eigenvalue weighted by molar-refractivity contribution is 8.00. The lowest BCUT2D eigenvalue weighted by atomic mass is 9.68. The van der Waals surface area contributed by atoms with Crippen LogP contribution in [0.2, 0.25) is 0 Å². The van der Waals surface area contributed by atoms with Crippen molar-refractivity contribution in [3.8, 4) is 5.75 Å². The van der Waals surface area contributed by atoms with Crippen LogP contribution in [0.25, 0.3) is 0 Å². The van der Waals surface area contributed by atoms with E-state index in [1.165, 1.54) is 16.2 Å². The molecule has 2 N–H and O–H groups in total. The molecule has 0 spiro atoms. The number of nitrogens with one attached hydrogen (secondary N) is 1. The molecule has 2 aliphatic carbocycles. The SMILES string of the molecule is COc1ccccc1[C@H]1c2sc(=O)[nH]c2S[C@@H]2[C@H]3C[C@@H]([C@@H]4C(=O)N(CCC(=O)O)C(=O)[C@@H]34)[C@@H]12. The van der Waals surface area contributed by atoms with E-state index < -0.39 is 17.8 Å². The summed E-state index contributed by atoms with van der Waals surface area (Å²) in [4.78, 5) is 54.9. The standard InChI is InChI=1S/C23H22N2O6S2/c1-31-12-5-3-2-4-9(12)14-15-10-8-11(18(15)32-20-19(14)33-23(30)24-20)17-16(10)21(28)25(22(17)29)7-6-13(26)27/h2-5,10-11,14-18H,6-8H2,1H3,(H,24,30)(H,26,27)/t10-,11+,14-,15+,16+,17+,18-/m1/s1. The number of aliphatic carboxylic acids is 1. The highest BCUT2D eigenvalue weighted by Crippen LogP contribution is 2.68. The first-order chi connectivity index (χ1) is 15.9. The van der Waals surface area contributed by atoms with Crippen LogP contribution in [-0.2, 0) is 14.4 Å². The molecule has 3 heterocycles. The number of H-pyrrole nitrogens is 1. The van der Waals surface area contributed by atoms with Gasteiger partial charge in [0, 0.05) is 28.2 Å². The van der Waals surface area contributed by atoms with Crippen molar-refractivity contribution in [2.45, 2.75) is 29.0 Å². The van der Waals surface area contributed by atoms with Crippen molar-refractivity contribution in [2.24, 2.45) is 29.6 Å². The first kappa shape index (κ1) is 21.0. The third-order valence-corrected chi connectivity index (χ3v) is 10.4. The number of thioether (sulfide) groups is 1. The van der Waals surface area contributed by atoms with Gasteiger partial charge in [0.1, 0.15) is 5.75 Å². The fraction of sp³-hybridized carbons (Fsp3) is 0.478. The summed E-state index contributed by atoms with van der Waals surface area (Å²) < 4.78 is 5.67. The summed E-state index contributed by atoms with van der Waals surface area (Å²) >= 11 is 2.85. The molecule has 3 fully saturated rings. The number of fused-ring (bicyclic) bond motifs is 9. The van der Waals surface area contributed by atoms with E-state index in [9.17, 15) is 19.2 Å². The van der Waals surface area contributed by atoms with E-state index in [0.717, 1.165) is 27.6 Å². The minimum Gasteiger partial charge on any atom is -0.496 e. The van der Waals surface area contributed by atoms with Gasteiger partial charge in [0.05, 0.1) is 30.4 Å². The number of carboxylic acids is 1. The number of carbonyl (C=O) groups excluding carboxylic acids is 2. The van der Waals surface area contributed by atoms with Gasteiger partial charge in [0.15, 0.2) is 0 Å². The molecule has 2 aliphatic heterocycles. The summed E-state index contributed by atoms with van der Waals surface area (Å²) in [6.07, 6.45) is 0.558. The lowest BCUT2D eigenvalue weighted by Gasteiger charge is -2.43. The molecule has 33 heavy (non-hydrogen) atoms. The number of thiazole rings is 1. The van der Waals surface area contributed by atoms with Crippen LogP contribution in [0, 0.1) is 29.6 Å². The van der Waals surface area contributed by atoms with Crippen LogP contribution < -0.4 is 9.61 Å². The second kappa shape index (κ2) is 7.46. The number of hydrogen-bond acceptors (Lipinski definition) is 7. The number of imide groups is 1. The summed E-state index contributed by atoms with van der Waals surface area (Å²) in [6.45, 7) is -0.0709. The van der Waals surface area contributed by atoms with Gasteiger partial charge in [-0.05, 0) is 30.2 Å². The number of para-hydroxylation sites is 1. The fourth-order valence-electron chi connectivity index (χ4n) is 6.78. The van der Waals surface area contributed by atoms with E-state index in [-0.39, 0.29) is 58.6 Å². The molecule has 4 aliphatic rings. The molecule has 2 bridgehead atoms. The van der Waals surface area contributed by atoms with Crippen LogP contribution >= 0.6 is 23.1 Å². The van der Waals surface area contributed by atoms with E-state index in [4.69, 9.17) is 9.84 Å². The Kier molecular flexibility index (Phi) is 4.74. The third-order valence-electron chi connectivity index (χ3n) is 7.84. The molecule has 2 amide bonds. The molecule has 2 aromatic rings. The first-order valence-electron chi connectivity index (χ1n) is 11.0. The number of rotatable bonds is 5. The van der Waals surface area contributed by atoms with Gasteiger partial charge in [-0.15, -0.1) is 11.8 Å². The number of likely N-dealkylation sites (tertiary alicyclic amines) is 1. The Hall–Kier alpha value is -2.59. The van der Waals surface area contributed by atoms with Crippen molar-refractivity contribution in [3.63, 3.8) is 0 Å². The zero-order valence-corrected chi connectivity index (χ0v) is 19.4. The summed E-state index contributed by atoms with van der Waals surface area (Å²) in [5.41, 5.74) is 0.996. The minimum atomic E-state index is -1.02. The summed E-state index contributed by atoms with van der Waals surface area (Å²) in [5, 5.41) is 10.0. The van der Waals surface area contributed by atoms with Crippen molar-refractivity contribution in [1.82, 2.24) is 9.88 Å². The Morgan fingerprint density at radius 1 is 1.18 bits per heavy atom. The number of aromatic amines is 1. The maximum atomic E-state index is 13.3. The highest BCUT2D eigenvalue weighted by Gasteiger charge is 2.69. The number of nitrogens with zero attached hydrogens (tertiary/aromatic N) is 1. The maximum absolute atomic E-state index is 13.3. The van der Waals surface area contributed by atoms with Crippen molar-refractivity contribution in [2.75, 3.05) is 13.7 Å². The molecule has 172 valence electrons. The van der Waals surface area contributed by atoms with Crippen LogP contribution in [0.5, 0.6) is 5.75 Å². The van der Waals surface area contributed by atoms with Crippen molar-refractivity contribution < 1.29 is 24.2 Å². The number of amides is 2. The van der Waals surface area contributed by atoms with Gasteiger partial charge in [-0.3, -0.25) is 24.1 Å². The largest absolute Gasteiger partial charge is 0.496 e. The number of benzene rings is 1. The lowest BCUT2D eigenvalue weighted by molar-refractivity contribution is -0.142. The molecule has 0 unspecified atom stereocenters. The molecule has 1 aromatic heterocycles. The Labute approximate surface area is 197 Å². The van der Waals surface area contributed by atoms with Gasteiger partial charge in [0.2, 0.25) is 11.8 Å². The Balaban J connectivity index is 1.43. The predicted molar refractivity (Wildman–Crippen MR) is 120 cm³/mol. The highest BCUT2D eigenvalue weighted by atomic mass is 32.2. The van der Waals surface area contributed by atoms with Crippen molar-refractivity contribution >= 4 is 40.9 Å². The number of carboxylic acid groups (broad SMARTS) is 1. The molecule has 0 radical (unpaired) electrons. The molecule has 7 atom stereocenters. The summed E-state index contributed by atoms with van der Waals surface area (Å²) in [7, 11) is 1.63. The fourth-order valence-corrected chi connectivity index (χ4v) is 9.66. The second-order valence-electron chi connectivity index (χ2n) is 9.17. The molecular formula is C23H22N2O6S2. The van der Waals surface area contributed by atoms with Gasteiger partial charge < -0.3 is 14.8 Å². The van der Waals surface area contributed by atoms with Gasteiger partial charge in [0.25, 0.3) is 0 Å². The second-order valence-corrected chi connectivity index (χ2v) is 11.4. The zero-order valence-electron chi connectivity index (χ0n) is 17.7. The van der Waals surface area contributed by atoms with Crippen molar-refractivity contribution in [1.29, 1.82) is 0 Å². The van der Waals surface area contributed by atoms with Gasteiger partial charge >= 0.3 is 10.8 Å². The Morgan fingerprint density at radius 2 is 1.91 bits per heavy atom. The van der Waals surface area contributed by atoms with Crippen LogP contribution in [-0.4, -0.2) is 51.7 Å². The number of hydrogen-bond donors (Lipinski definition) is 2. The number of carbonyl (C=O) groups is 3. The van der Waals surface area contributed by atoms with Gasteiger partial charge in [-0.25, -0.2) is 0 Å². The molecule has 1 saturated heterocycles. The Morgan fingerprint density at radius 3 is 2.64 bits per heavy atom. The molecule has 8 nitrogen and oxygen atoms in total. The molecule has 2 saturated carbocycles. The summed E-state index contributed by atoms with van der Waals surface area (Å²) in [5.74, 6) is -1.51. The maximum Gasteiger partial charge on any atom is 0.305 e. The van der Waals surface area contributed by atoms with E-state index in [1.807, 2.05) is 24.3 Å². The third kappa shape index (κ3) is 2.89. The van der Waals surface area contributed by atoms with Crippen LogP contribution in [0.4, 0.5) is 0 Å². The lowest BCUT2D eigenvalue weighted by Crippen LogP contribution is -2.42. The van der Waals surface area contributed by atoms with E-state index in [0.29, 0.717) is 0 Å². The van der Waals surface area contributed by atoms with Gasteiger partial charge in [-0.1, -0.05) is 29.5 Å². The average Bonchev–Trinajstić information content (AvgIpc) is 3.51. The number of aromatic nitrogens is 1. The van der Waals surface area contributed by atoms with Crippen LogP contribution in [0.15, 0.2) is 34.1 Å². The Bertz CT molecular complexity index is 1240. The quantitative estimate of drug-likeness (QED) is 0.623. The van der Waals surface area contributed by atoms with Crippen molar-refractivity contribution in [3.05, 3.63) is 44.4 Å². The molecule has 6 rings (SSSR count). The number of methoxy groups -OCH3 is 1. The van der Waals surface area contributed by atoms with Crippen LogP contribution in [0.1, 0.15) is 29.2 Å². The molecule has 10 heteroatoms. The minimum absolute atomic E-state index is 0.00374. The topological polar surface area (TPSA) is 117 Å². The van der Waals surface area contributed by atoms with Crippen LogP contribution in [0.3, 0.4) is 0 Å². The monoisotopic (exact) mass is 486 g/mol. The predicted octanol–water partition coefficient (Wildman–Crippen LogP) is 2.39. The molecular weight excluding hydrogens is 464 g/mol. The first-order valence-corrected chi connectivity index (χ1v) is 12.7. The van der Waals surface area contributed by atoms with E-state index >= 15 is 0 Å². The molecule has 1 aromatic carbocycles.